The number of ether oxygens (including phenoxy) is 2. The third kappa shape index (κ3) is 4.35. The lowest BCUT2D eigenvalue weighted by Gasteiger charge is -2.26. The lowest BCUT2D eigenvalue weighted by molar-refractivity contribution is -0.142. The van der Waals surface area contributed by atoms with Crippen molar-refractivity contribution in [3.8, 4) is 0 Å². The average Bonchev–Trinajstić information content (AvgIpc) is 3.10. The molecule has 1 aromatic heterocycles. The van der Waals surface area contributed by atoms with Crippen molar-refractivity contribution in [2.24, 2.45) is 5.92 Å². The van der Waals surface area contributed by atoms with Crippen molar-refractivity contribution in [1.82, 2.24) is 10.2 Å². The Morgan fingerprint density at radius 2 is 1.54 bits per heavy atom. The molecule has 1 aromatic rings. The normalized spacial score (nSPS) is 30.9. The van der Waals surface area contributed by atoms with E-state index in [-0.39, 0.29) is 5.97 Å². The lowest BCUT2D eigenvalue weighted by atomic mass is 9.82. The van der Waals surface area contributed by atoms with Crippen molar-refractivity contribution in [2.75, 3.05) is 13.7 Å². The zero-order chi connectivity index (χ0) is 16.9. The largest absolute Gasteiger partial charge is 0.466 e. The van der Waals surface area contributed by atoms with Crippen molar-refractivity contribution in [1.29, 1.82) is 0 Å². The molecule has 0 aliphatic heterocycles. The van der Waals surface area contributed by atoms with Gasteiger partial charge in [0.1, 0.15) is 0 Å². The first-order valence-corrected chi connectivity index (χ1v) is 9.15. The van der Waals surface area contributed by atoms with Gasteiger partial charge in [-0.25, -0.2) is 0 Å². The first-order chi connectivity index (χ1) is 11.7. The Hall–Kier alpha value is -1.43. The maximum atomic E-state index is 10.9. The molecule has 6 heteroatoms. The van der Waals surface area contributed by atoms with Crippen molar-refractivity contribution in [3.63, 3.8) is 0 Å². The molecule has 0 amide bonds. The second kappa shape index (κ2) is 8.10. The number of esters is 1. The van der Waals surface area contributed by atoms with E-state index in [0.717, 1.165) is 63.1 Å². The van der Waals surface area contributed by atoms with Gasteiger partial charge in [-0.3, -0.25) is 4.79 Å². The Morgan fingerprint density at radius 3 is 2.04 bits per heavy atom. The highest BCUT2D eigenvalue weighted by atomic mass is 16.5. The van der Waals surface area contributed by atoms with Gasteiger partial charge in [-0.2, -0.15) is 0 Å². The van der Waals surface area contributed by atoms with E-state index < -0.39 is 0 Å². The number of carbonyl (C=O) groups is 1. The van der Waals surface area contributed by atoms with Crippen molar-refractivity contribution >= 4 is 5.97 Å². The van der Waals surface area contributed by atoms with Crippen LogP contribution in [0.5, 0.6) is 0 Å². The standard InChI is InChI=1S/C18H28N2O4/c1-12(21)23-11-13-3-5-14(6-4-13)17-19-20-18(24-17)15-7-9-16(22-2)10-8-15/h13-16H,3-11H2,1-2H3. The van der Waals surface area contributed by atoms with Gasteiger partial charge in [0.05, 0.1) is 12.7 Å². The third-order valence-electron chi connectivity index (χ3n) is 5.53. The van der Waals surface area contributed by atoms with Gasteiger partial charge in [-0.05, 0) is 57.3 Å². The molecule has 24 heavy (non-hydrogen) atoms. The van der Waals surface area contributed by atoms with Crippen LogP contribution in [0.1, 0.15) is 81.9 Å². The Morgan fingerprint density at radius 1 is 1.00 bits per heavy atom. The van der Waals surface area contributed by atoms with E-state index in [0.29, 0.717) is 30.5 Å². The first-order valence-electron chi connectivity index (χ1n) is 9.15. The van der Waals surface area contributed by atoms with Gasteiger partial charge in [0.2, 0.25) is 11.8 Å². The molecule has 2 fully saturated rings. The molecular formula is C18H28N2O4. The predicted molar refractivity (Wildman–Crippen MR) is 87.6 cm³/mol. The summed E-state index contributed by atoms with van der Waals surface area (Å²) in [6.45, 7) is 2.01. The summed E-state index contributed by atoms with van der Waals surface area (Å²) in [4.78, 5) is 10.9. The molecule has 0 N–H and O–H groups in total. The Kier molecular flexibility index (Phi) is 5.87. The van der Waals surface area contributed by atoms with Crippen molar-refractivity contribution < 1.29 is 18.7 Å². The van der Waals surface area contributed by atoms with Crippen molar-refractivity contribution in [2.45, 2.75) is 76.2 Å². The summed E-state index contributed by atoms with van der Waals surface area (Å²) in [6, 6.07) is 0. The topological polar surface area (TPSA) is 74.5 Å². The molecule has 6 nitrogen and oxygen atoms in total. The summed E-state index contributed by atoms with van der Waals surface area (Å²) in [5.74, 6) is 2.62. The first kappa shape index (κ1) is 17.4. The number of carbonyl (C=O) groups excluding carboxylic acids is 1. The molecule has 0 unspecified atom stereocenters. The van der Waals surface area contributed by atoms with E-state index in [9.17, 15) is 4.79 Å². The van der Waals surface area contributed by atoms with E-state index in [2.05, 4.69) is 10.2 Å². The molecule has 0 radical (unpaired) electrons. The zero-order valence-corrected chi connectivity index (χ0v) is 14.7. The summed E-state index contributed by atoms with van der Waals surface area (Å²) in [7, 11) is 1.79. The zero-order valence-electron chi connectivity index (χ0n) is 14.7. The van der Waals surface area contributed by atoms with Gasteiger partial charge in [0.15, 0.2) is 0 Å². The van der Waals surface area contributed by atoms with Crippen LogP contribution in [0, 0.1) is 5.92 Å². The molecule has 0 saturated heterocycles. The summed E-state index contributed by atoms with van der Waals surface area (Å²) < 4.78 is 16.6. The summed E-state index contributed by atoms with van der Waals surface area (Å²) in [5, 5.41) is 8.64. The molecule has 1 heterocycles. The van der Waals surface area contributed by atoms with Crippen LogP contribution in [-0.2, 0) is 14.3 Å². The molecule has 0 aromatic carbocycles. The SMILES string of the molecule is COC1CCC(c2nnc(C3CCC(COC(C)=O)CC3)o2)CC1. The van der Waals surface area contributed by atoms with Gasteiger partial charge in [0.25, 0.3) is 0 Å². The van der Waals surface area contributed by atoms with E-state index in [1.54, 1.807) is 7.11 Å². The number of aromatic nitrogens is 2. The Balaban J connectivity index is 1.49. The maximum Gasteiger partial charge on any atom is 0.302 e. The lowest BCUT2D eigenvalue weighted by Crippen LogP contribution is -2.19. The van der Waals surface area contributed by atoms with Gasteiger partial charge in [0, 0.05) is 25.9 Å². The number of nitrogens with zero attached hydrogens (tertiary/aromatic N) is 2. The highest BCUT2D eigenvalue weighted by Crippen LogP contribution is 2.38. The minimum absolute atomic E-state index is 0.193. The van der Waals surface area contributed by atoms with E-state index >= 15 is 0 Å². The molecule has 0 atom stereocenters. The van der Waals surface area contributed by atoms with Crippen LogP contribution in [-0.4, -0.2) is 36.0 Å². The van der Waals surface area contributed by atoms with Crippen molar-refractivity contribution in [3.05, 3.63) is 11.8 Å². The minimum Gasteiger partial charge on any atom is -0.466 e. The van der Waals surface area contributed by atoms with Crippen LogP contribution in [0.25, 0.3) is 0 Å². The predicted octanol–water partition coefficient (Wildman–Crippen LogP) is 3.58. The van der Waals surface area contributed by atoms with Gasteiger partial charge in [-0.15, -0.1) is 10.2 Å². The smallest absolute Gasteiger partial charge is 0.302 e. The van der Waals surface area contributed by atoms with Gasteiger partial charge in [-0.1, -0.05) is 0 Å². The summed E-state index contributed by atoms with van der Waals surface area (Å²) >= 11 is 0. The monoisotopic (exact) mass is 336 g/mol. The highest BCUT2D eigenvalue weighted by molar-refractivity contribution is 5.65. The Labute approximate surface area is 143 Å². The summed E-state index contributed by atoms with van der Waals surface area (Å²) in [6.07, 6.45) is 8.82. The van der Waals surface area contributed by atoms with Crippen LogP contribution in [0.3, 0.4) is 0 Å². The fourth-order valence-electron chi connectivity index (χ4n) is 3.93. The molecule has 2 aliphatic rings. The third-order valence-corrected chi connectivity index (χ3v) is 5.53. The molecule has 0 bridgehead atoms. The van der Waals surface area contributed by atoms with E-state index in [1.165, 1.54) is 6.92 Å². The summed E-state index contributed by atoms with van der Waals surface area (Å²) in [5.41, 5.74) is 0. The van der Waals surface area contributed by atoms with Crippen LogP contribution in [0.2, 0.25) is 0 Å². The second-order valence-corrected chi connectivity index (χ2v) is 7.21. The number of rotatable bonds is 5. The maximum absolute atomic E-state index is 10.9. The Bertz CT molecular complexity index is 529. The van der Waals surface area contributed by atoms with Crippen LogP contribution < -0.4 is 0 Å². The molecular weight excluding hydrogens is 308 g/mol. The molecule has 3 rings (SSSR count). The molecule has 2 saturated carbocycles. The van der Waals surface area contributed by atoms with Gasteiger partial charge < -0.3 is 13.9 Å². The fraction of sp³-hybridized carbons (Fsp3) is 0.833. The second-order valence-electron chi connectivity index (χ2n) is 7.21. The highest BCUT2D eigenvalue weighted by Gasteiger charge is 2.30. The average molecular weight is 336 g/mol. The van der Waals surface area contributed by atoms with Gasteiger partial charge >= 0.3 is 5.97 Å². The van der Waals surface area contributed by atoms with Crippen LogP contribution in [0.4, 0.5) is 0 Å². The van der Waals surface area contributed by atoms with Crippen LogP contribution in [0.15, 0.2) is 4.42 Å². The molecule has 0 spiro atoms. The fourth-order valence-corrected chi connectivity index (χ4v) is 3.93. The van der Waals surface area contributed by atoms with Crippen LogP contribution >= 0.6 is 0 Å². The number of hydrogen-bond donors (Lipinski definition) is 0. The van der Waals surface area contributed by atoms with E-state index in [1.807, 2.05) is 0 Å². The quantitative estimate of drug-likeness (QED) is 0.765. The number of hydrogen-bond acceptors (Lipinski definition) is 6. The minimum atomic E-state index is -0.193. The number of methoxy groups -OCH3 is 1. The van der Waals surface area contributed by atoms with E-state index in [4.69, 9.17) is 13.9 Å². The molecule has 2 aliphatic carbocycles. The molecule has 134 valence electrons.